The summed E-state index contributed by atoms with van der Waals surface area (Å²) < 4.78 is 0.923. The van der Waals surface area contributed by atoms with Gasteiger partial charge in [-0.25, -0.2) is 0 Å². The summed E-state index contributed by atoms with van der Waals surface area (Å²) in [6.07, 6.45) is 5.80. The molecule has 1 unspecified atom stereocenters. The molecule has 0 saturated heterocycles. The van der Waals surface area contributed by atoms with E-state index >= 15 is 0 Å². The quantitative estimate of drug-likeness (QED) is 0.786. The second-order valence-electron chi connectivity index (χ2n) is 2.87. The van der Waals surface area contributed by atoms with Crippen LogP contribution < -0.4 is 0 Å². The maximum atomic E-state index is 9.97. The van der Waals surface area contributed by atoms with Gasteiger partial charge in [0.15, 0.2) is 0 Å². The molecule has 1 aromatic rings. The number of aliphatic hydroxyl groups is 1. The van der Waals surface area contributed by atoms with Gasteiger partial charge in [0, 0.05) is 4.47 Å². The fraction of sp³-hybridized carbons (Fsp3) is 0.273. The molecule has 2 heteroatoms. The lowest BCUT2D eigenvalue weighted by molar-refractivity contribution is 0.0961. The monoisotopic (exact) mass is 238 g/mol. The Morgan fingerprint density at radius 2 is 2.31 bits per heavy atom. The minimum absolute atomic E-state index is 0.514. The molecule has 68 valence electrons. The van der Waals surface area contributed by atoms with Gasteiger partial charge in [0.05, 0.1) is 0 Å². The smallest absolute Gasteiger partial charge is 0.150 e. The fourth-order valence-corrected chi connectivity index (χ4v) is 1.53. The molecule has 1 atom stereocenters. The SMILES string of the molecule is C#CC(O)(CC)c1cccc(Br)c1. The van der Waals surface area contributed by atoms with Crippen molar-refractivity contribution in [3.63, 3.8) is 0 Å². The summed E-state index contributed by atoms with van der Waals surface area (Å²) in [6.45, 7) is 1.86. The van der Waals surface area contributed by atoms with Gasteiger partial charge < -0.3 is 5.11 Å². The lowest BCUT2D eigenvalue weighted by Gasteiger charge is -2.20. The molecule has 0 saturated carbocycles. The van der Waals surface area contributed by atoms with Gasteiger partial charge in [-0.15, -0.1) is 6.42 Å². The van der Waals surface area contributed by atoms with E-state index in [1.54, 1.807) is 0 Å². The molecule has 0 aliphatic carbocycles. The van der Waals surface area contributed by atoms with Gasteiger partial charge in [-0.2, -0.15) is 0 Å². The molecule has 0 bridgehead atoms. The lowest BCUT2D eigenvalue weighted by Crippen LogP contribution is -2.21. The maximum absolute atomic E-state index is 9.97. The van der Waals surface area contributed by atoms with Crippen molar-refractivity contribution in [3.8, 4) is 12.3 Å². The summed E-state index contributed by atoms with van der Waals surface area (Å²) in [5, 5.41) is 9.97. The zero-order valence-corrected chi connectivity index (χ0v) is 9.01. The number of hydrogen-bond acceptors (Lipinski definition) is 1. The number of halogens is 1. The number of benzene rings is 1. The van der Waals surface area contributed by atoms with Crippen LogP contribution in [0.4, 0.5) is 0 Å². The van der Waals surface area contributed by atoms with Crippen LogP contribution in [-0.2, 0) is 5.60 Å². The Labute approximate surface area is 86.9 Å². The molecule has 0 aliphatic heterocycles. The van der Waals surface area contributed by atoms with Gasteiger partial charge in [0.1, 0.15) is 5.60 Å². The Hall–Kier alpha value is -0.780. The van der Waals surface area contributed by atoms with Gasteiger partial charge in [0.2, 0.25) is 0 Å². The molecule has 13 heavy (non-hydrogen) atoms. The second-order valence-corrected chi connectivity index (χ2v) is 3.78. The van der Waals surface area contributed by atoms with Crippen molar-refractivity contribution in [2.75, 3.05) is 0 Å². The van der Waals surface area contributed by atoms with Gasteiger partial charge in [-0.1, -0.05) is 40.9 Å². The van der Waals surface area contributed by atoms with Gasteiger partial charge in [-0.3, -0.25) is 0 Å². The summed E-state index contributed by atoms with van der Waals surface area (Å²) in [5.41, 5.74) is -0.379. The van der Waals surface area contributed by atoms with Crippen molar-refractivity contribution < 1.29 is 5.11 Å². The first-order chi connectivity index (χ1) is 6.12. The van der Waals surface area contributed by atoms with Crippen LogP contribution in [0.5, 0.6) is 0 Å². The minimum atomic E-state index is -1.14. The van der Waals surface area contributed by atoms with E-state index in [9.17, 15) is 5.11 Å². The van der Waals surface area contributed by atoms with Crippen molar-refractivity contribution in [2.24, 2.45) is 0 Å². The van der Waals surface area contributed by atoms with E-state index in [0.29, 0.717) is 6.42 Å². The average Bonchev–Trinajstić information content (AvgIpc) is 2.17. The van der Waals surface area contributed by atoms with E-state index in [-0.39, 0.29) is 0 Å². The molecule has 1 N–H and O–H groups in total. The van der Waals surface area contributed by atoms with Gasteiger partial charge in [-0.05, 0) is 24.1 Å². The highest BCUT2D eigenvalue weighted by atomic mass is 79.9. The molecule has 0 spiro atoms. The highest BCUT2D eigenvalue weighted by Crippen LogP contribution is 2.26. The van der Waals surface area contributed by atoms with Crippen molar-refractivity contribution in [2.45, 2.75) is 18.9 Å². The summed E-state index contributed by atoms with van der Waals surface area (Å²) in [6, 6.07) is 7.42. The Kier molecular flexibility index (Phi) is 3.13. The van der Waals surface area contributed by atoms with Crippen molar-refractivity contribution in [3.05, 3.63) is 34.3 Å². The number of hydrogen-bond donors (Lipinski definition) is 1. The predicted octanol–water partition coefficient (Wildman–Crippen LogP) is 2.68. The average molecular weight is 239 g/mol. The first-order valence-electron chi connectivity index (χ1n) is 4.08. The standard InChI is InChI=1S/C11H11BrO/c1-3-11(13,4-2)9-6-5-7-10(12)8-9/h1,5-8,13H,4H2,2H3. The first-order valence-corrected chi connectivity index (χ1v) is 4.88. The zero-order valence-electron chi connectivity index (χ0n) is 7.42. The number of rotatable bonds is 2. The van der Waals surface area contributed by atoms with E-state index in [0.717, 1.165) is 10.0 Å². The predicted molar refractivity (Wildman–Crippen MR) is 57.2 cm³/mol. The van der Waals surface area contributed by atoms with Crippen LogP contribution in [0.3, 0.4) is 0 Å². The fourth-order valence-electron chi connectivity index (χ4n) is 1.14. The van der Waals surface area contributed by atoms with E-state index in [1.165, 1.54) is 0 Å². The normalized spacial score (nSPS) is 14.6. The third-order valence-corrected chi connectivity index (χ3v) is 2.55. The van der Waals surface area contributed by atoms with Crippen molar-refractivity contribution in [1.82, 2.24) is 0 Å². The van der Waals surface area contributed by atoms with Crippen LogP contribution in [0, 0.1) is 12.3 Å². The third-order valence-electron chi connectivity index (χ3n) is 2.05. The highest BCUT2D eigenvalue weighted by molar-refractivity contribution is 9.10. The lowest BCUT2D eigenvalue weighted by atomic mass is 9.92. The second kappa shape index (κ2) is 3.95. The van der Waals surface area contributed by atoms with E-state index in [2.05, 4.69) is 21.9 Å². The Balaban J connectivity index is 3.14. The van der Waals surface area contributed by atoms with Gasteiger partial charge in [0.25, 0.3) is 0 Å². The largest absolute Gasteiger partial charge is 0.373 e. The molecule has 0 heterocycles. The van der Waals surface area contributed by atoms with Crippen LogP contribution in [0.1, 0.15) is 18.9 Å². The van der Waals surface area contributed by atoms with Crippen LogP contribution in [-0.4, -0.2) is 5.11 Å². The van der Waals surface area contributed by atoms with E-state index in [4.69, 9.17) is 6.42 Å². The third kappa shape index (κ3) is 2.12. The molecule has 1 aromatic carbocycles. The van der Waals surface area contributed by atoms with Crippen LogP contribution in [0.2, 0.25) is 0 Å². The van der Waals surface area contributed by atoms with E-state index in [1.807, 2.05) is 31.2 Å². The molecule has 0 aromatic heterocycles. The topological polar surface area (TPSA) is 20.2 Å². The Morgan fingerprint density at radius 3 is 2.77 bits per heavy atom. The minimum Gasteiger partial charge on any atom is -0.373 e. The molecule has 0 amide bonds. The zero-order chi connectivity index (χ0) is 9.90. The molecule has 1 rings (SSSR count). The molecule has 1 nitrogen and oxygen atoms in total. The summed E-state index contributed by atoms with van der Waals surface area (Å²) in [5.74, 6) is 2.41. The van der Waals surface area contributed by atoms with Crippen LogP contribution in [0.25, 0.3) is 0 Å². The Bertz CT molecular complexity index is 340. The first kappa shape index (κ1) is 10.3. The number of terminal acetylenes is 1. The summed E-state index contributed by atoms with van der Waals surface area (Å²) in [7, 11) is 0. The molecule has 0 aliphatic rings. The molecule has 0 fully saturated rings. The van der Waals surface area contributed by atoms with E-state index < -0.39 is 5.60 Å². The van der Waals surface area contributed by atoms with Gasteiger partial charge >= 0.3 is 0 Å². The molecular weight excluding hydrogens is 228 g/mol. The van der Waals surface area contributed by atoms with Crippen molar-refractivity contribution >= 4 is 15.9 Å². The van der Waals surface area contributed by atoms with Crippen LogP contribution in [0.15, 0.2) is 28.7 Å². The maximum Gasteiger partial charge on any atom is 0.150 e. The molecule has 0 radical (unpaired) electrons. The Morgan fingerprint density at radius 1 is 1.62 bits per heavy atom. The highest BCUT2D eigenvalue weighted by Gasteiger charge is 2.23. The molecular formula is C11H11BrO. The van der Waals surface area contributed by atoms with Crippen molar-refractivity contribution in [1.29, 1.82) is 0 Å². The summed E-state index contributed by atoms with van der Waals surface area (Å²) >= 11 is 3.33. The van der Waals surface area contributed by atoms with Crippen LogP contribution >= 0.6 is 15.9 Å². The summed E-state index contributed by atoms with van der Waals surface area (Å²) in [4.78, 5) is 0.